The van der Waals surface area contributed by atoms with Gasteiger partial charge in [0.05, 0.1) is 21.6 Å². The average Bonchev–Trinajstić information content (AvgIpc) is 2.68. The van der Waals surface area contributed by atoms with Crippen molar-refractivity contribution in [1.82, 2.24) is 0 Å². The van der Waals surface area contributed by atoms with Crippen LogP contribution in [0.1, 0.15) is 31.8 Å². The van der Waals surface area contributed by atoms with E-state index >= 15 is 0 Å². The molecule has 0 spiro atoms. The molecule has 0 aliphatic heterocycles. The summed E-state index contributed by atoms with van der Waals surface area (Å²) in [6, 6.07) is 11.4. The van der Waals surface area contributed by atoms with Crippen molar-refractivity contribution in [3.8, 4) is 11.5 Å². The van der Waals surface area contributed by atoms with Gasteiger partial charge in [-0.25, -0.2) is 0 Å². The van der Waals surface area contributed by atoms with E-state index in [0.717, 1.165) is 28.8 Å². The summed E-state index contributed by atoms with van der Waals surface area (Å²) in [7, 11) is 0. The normalized spacial score (nSPS) is 12.4. The van der Waals surface area contributed by atoms with Gasteiger partial charge in [0.25, 0.3) is 5.69 Å². The first-order chi connectivity index (χ1) is 13.8. The van der Waals surface area contributed by atoms with Crippen molar-refractivity contribution in [3.05, 3.63) is 85.9 Å². The van der Waals surface area contributed by atoms with E-state index in [0.29, 0.717) is 9.92 Å². The van der Waals surface area contributed by atoms with Gasteiger partial charge in [-0.3, -0.25) is 19.7 Å². The van der Waals surface area contributed by atoms with Crippen LogP contribution in [0.25, 0.3) is 0 Å². The average molecular weight is 428 g/mol. The predicted molar refractivity (Wildman–Crippen MR) is 105 cm³/mol. The number of nitrogens with zero attached hydrogens (tertiary/aromatic N) is 1. The second kappa shape index (κ2) is 6.91. The Kier molecular flexibility index (Phi) is 4.52. The minimum absolute atomic E-state index is 0.113. The minimum Gasteiger partial charge on any atom is -0.507 e. The number of carbonyl (C=O) groups excluding carboxylic acids is 2. The third kappa shape index (κ3) is 3.02. The Bertz CT molecular complexity index is 1220. The van der Waals surface area contributed by atoms with Crippen LogP contribution < -0.4 is 0 Å². The van der Waals surface area contributed by atoms with E-state index in [2.05, 4.69) is 0 Å². The summed E-state index contributed by atoms with van der Waals surface area (Å²) in [5.41, 5.74) is -2.03. The molecule has 1 aliphatic rings. The lowest BCUT2D eigenvalue weighted by Crippen LogP contribution is -2.23. The molecule has 1 aliphatic carbocycles. The summed E-state index contributed by atoms with van der Waals surface area (Å²) in [4.78, 5) is 37.9. The van der Waals surface area contributed by atoms with Gasteiger partial charge in [-0.15, -0.1) is 0 Å². The lowest BCUT2D eigenvalue weighted by molar-refractivity contribution is -0.385. The first-order valence-corrected chi connectivity index (χ1v) is 9.38. The summed E-state index contributed by atoms with van der Waals surface area (Å²) in [5.74, 6) is -2.68. The number of carbonyl (C=O) groups is 2. The van der Waals surface area contributed by atoms with Crippen LogP contribution in [0.3, 0.4) is 0 Å². The fraction of sp³-hybridized carbons (Fsp3) is 0. The topological polar surface area (TPSA) is 118 Å². The molecule has 0 unspecified atom stereocenters. The summed E-state index contributed by atoms with van der Waals surface area (Å²) in [6.45, 7) is 0. The highest BCUT2D eigenvalue weighted by molar-refractivity contribution is 7.99. The van der Waals surface area contributed by atoms with E-state index in [1.165, 1.54) is 12.1 Å². The number of hydrogen-bond donors (Lipinski definition) is 2. The maximum Gasteiger partial charge on any atom is 0.281 e. The van der Waals surface area contributed by atoms with Crippen LogP contribution in [-0.4, -0.2) is 26.7 Å². The molecular weight excluding hydrogens is 418 g/mol. The van der Waals surface area contributed by atoms with E-state index in [1.54, 1.807) is 24.3 Å². The van der Waals surface area contributed by atoms with E-state index in [9.17, 15) is 29.9 Å². The Hall–Kier alpha value is -3.36. The Labute approximate surface area is 172 Å². The lowest BCUT2D eigenvalue weighted by atomic mass is 9.82. The van der Waals surface area contributed by atoms with Crippen LogP contribution in [-0.2, 0) is 0 Å². The van der Waals surface area contributed by atoms with Gasteiger partial charge in [0.2, 0.25) is 5.78 Å². The van der Waals surface area contributed by atoms with E-state index in [4.69, 9.17) is 11.6 Å². The van der Waals surface area contributed by atoms with Crippen molar-refractivity contribution in [1.29, 1.82) is 0 Å². The predicted octanol–water partition coefficient (Wildman–Crippen LogP) is 4.59. The molecule has 29 heavy (non-hydrogen) atoms. The lowest BCUT2D eigenvalue weighted by Gasteiger charge is -2.21. The number of phenolic OH excluding ortho intramolecular Hbond substituents is 2. The van der Waals surface area contributed by atoms with Gasteiger partial charge < -0.3 is 10.2 Å². The number of halogens is 1. The second-order valence-electron chi connectivity index (χ2n) is 6.16. The molecule has 0 atom stereocenters. The molecule has 9 heteroatoms. The number of nitro groups is 1. The Morgan fingerprint density at radius 1 is 0.793 bits per heavy atom. The molecule has 0 bridgehead atoms. The van der Waals surface area contributed by atoms with Crippen LogP contribution >= 0.6 is 23.4 Å². The van der Waals surface area contributed by atoms with Gasteiger partial charge in [0.1, 0.15) is 17.1 Å². The summed E-state index contributed by atoms with van der Waals surface area (Å²) in [6.07, 6.45) is 0. The molecule has 2 N–H and O–H groups in total. The number of fused-ring (bicyclic) bond motifs is 2. The minimum atomic E-state index is -0.895. The quantitative estimate of drug-likeness (QED) is 0.362. The standard InChI is InChI=1S/C20H10ClNO6S/c21-9-1-3-10(4-2-9)29-14-8-7-13(24)17-18(14)20(26)16-12(23)6-5-11(22(27)28)15(16)19(17)25/h1-8,23-24H. The number of nitro benzene ring substituents is 1. The van der Waals surface area contributed by atoms with Crippen molar-refractivity contribution in [2.75, 3.05) is 0 Å². The van der Waals surface area contributed by atoms with Crippen molar-refractivity contribution < 1.29 is 24.7 Å². The van der Waals surface area contributed by atoms with Crippen molar-refractivity contribution >= 4 is 40.6 Å². The monoisotopic (exact) mass is 427 g/mol. The summed E-state index contributed by atoms with van der Waals surface area (Å²) in [5, 5.41) is 32.3. The second-order valence-corrected chi connectivity index (χ2v) is 7.71. The Morgan fingerprint density at radius 2 is 1.34 bits per heavy atom. The first-order valence-electron chi connectivity index (χ1n) is 8.18. The van der Waals surface area contributed by atoms with E-state index in [1.807, 2.05) is 0 Å². The van der Waals surface area contributed by atoms with Crippen molar-refractivity contribution in [2.45, 2.75) is 9.79 Å². The molecule has 0 fully saturated rings. The van der Waals surface area contributed by atoms with Crippen molar-refractivity contribution in [3.63, 3.8) is 0 Å². The molecule has 0 aromatic heterocycles. The molecule has 7 nitrogen and oxygen atoms in total. The maximum atomic E-state index is 13.2. The molecule has 4 rings (SSSR count). The number of hydrogen-bond acceptors (Lipinski definition) is 7. The molecule has 0 saturated carbocycles. The Morgan fingerprint density at radius 3 is 1.97 bits per heavy atom. The summed E-state index contributed by atoms with van der Waals surface area (Å²) < 4.78 is 0. The largest absolute Gasteiger partial charge is 0.507 e. The Balaban J connectivity index is 1.95. The van der Waals surface area contributed by atoms with Crippen LogP contribution in [0.2, 0.25) is 5.02 Å². The summed E-state index contributed by atoms with van der Waals surface area (Å²) >= 11 is 7.04. The van der Waals surface area contributed by atoms with Crippen molar-refractivity contribution in [2.24, 2.45) is 0 Å². The van der Waals surface area contributed by atoms with Crippen LogP contribution in [0, 0.1) is 10.1 Å². The van der Waals surface area contributed by atoms with Crippen LogP contribution in [0.4, 0.5) is 5.69 Å². The number of ketones is 2. The third-order valence-corrected chi connectivity index (χ3v) is 5.77. The van der Waals surface area contributed by atoms with E-state index in [-0.39, 0.29) is 11.1 Å². The van der Waals surface area contributed by atoms with Gasteiger partial charge in [-0.2, -0.15) is 0 Å². The molecular formula is C20H10ClNO6S. The molecule has 144 valence electrons. The fourth-order valence-corrected chi connectivity index (χ4v) is 4.27. The van der Waals surface area contributed by atoms with Gasteiger partial charge >= 0.3 is 0 Å². The van der Waals surface area contributed by atoms with Gasteiger partial charge in [0, 0.05) is 20.9 Å². The highest BCUT2D eigenvalue weighted by atomic mass is 35.5. The molecule has 3 aromatic carbocycles. The molecule has 3 aromatic rings. The third-order valence-electron chi connectivity index (χ3n) is 4.45. The first kappa shape index (κ1) is 19.0. The van der Waals surface area contributed by atoms with Gasteiger partial charge in [0.15, 0.2) is 5.78 Å². The highest BCUT2D eigenvalue weighted by Crippen LogP contribution is 2.44. The number of rotatable bonds is 3. The smallest absolute Gasteiger partial charge is 0.281 e. The number of aromatic hydroxyl groups is 2. The fourth-order valence-electron chi connectivity index (χ4n) is 3.19. The molecule has 0 heterocycles. The molecule has 0 saturated heterocycles. The van der Waals surface area contributed by atoms with E-state index < -0.39 is 44.8 Å². The molecule has 0 radical (unpaired) electrons. The zero-order chi connectivity index (χ0) is 20.9. The number of phenols is 2. The zero-order valence-corrected chi connectivity index (χ0v) is 16.0. The zero-order valence-electron chi connectivity index (χ0n) is 14.4. The number of benzene rings is 3. The highest BCUT2D eigenvalue weighted by Gasteiger charge is 2.40. The molecule has 0 amide bonds. The maximum absolute atomic E-state index is 13.2. The van der Waals surface area contributed by atoms with Crippen LogP contribution in [0.5, 0.6) is 11.5 Å². The van der Waals surface area contributed by atoms with Crippen LogP contribution in [0.15, 0.2) is 58.3 Å². The SMILES string of the molecule is O=C1c2c(O)ccc([N+](=O)[O-])c2C(=O)c2c(O)ccc(Sc3ccc(Cl)cc3)c21. The van der Waals surface area contributed by atoms with Gasteiger partial charge in [-0.1, -0.05) is 23.4 Å². The van der Waals surface area contributed by atoms with Gasteiger partial charge in [-0.05, 0) is 42.5 Å².